The Hall–Kier alpha value is -3.72. The van der Waals surface area contributed by atoms with Gasteiger partial charge in [-0.15, -0.1) is 11.3 Å². The van der Waals surface area contributed by atoms with E-state index in [1.807, 2.05) is 54.3 Å². The van der Waals surface area contributed by atoms with E-state index in [1.165, 1.54) is 18.3 Å². The molecule has 3 aliphatic rings. The number of likely N-dealkylation sites (tertiary alicyclic amines) is 1. The standard InChI is InChI=1S/C30H32N4O4S/c1-17(35)32-21-8-3-7-20(14-21)28-27(33-18(2)39-28)30(37)34-22(15-19-6-4-10-25(19)34)16-31-29(36)24-9-5-11-26-23(24)12-13-38-26/h3,5,7-9,11,14,19,22,25H,4,6,10,12-13,15-16H2,1-2H3,(H,31,36)(H,32,35)/t19-,22-,25-/m0/s1. The summed E-state index contributed by atoms with van der Waals surface area (Å²) in [5.41, 5.74) is 3.58. The lowest BCUT2D eigenvalue weighted by Gasteiger charge is -2.30. The first-order valence-electron chi connectivity index (χ1n) is 13.6. The second-order valence-corrected chi connectivity index (χ2v) is 11.8. The molecule has 1 saturated carbocycles. The van der Waals surface area contributed by atoms with E-state index in [1.54, 1.807) is 0 Å². The minimum atomic E-state index is -0.147. The third kappa shape index (κ3) is 4.91. The molecule has 1 saturated heterocycles. The summed E-state index contributed by atoms with van der Waals surface area (Å²) in [6.07, 6.45) is 4.79. The number of hydrogen-bond donors (Lipinski definition) is 2. The second kappa shape index (κ2) is 10.4. The number of nitrogens with zero attached hydrogens (tertiary/aromatic N) is 2. The Balaban J connectivity index is 1.26. The molecular weight excluding hydrogens is 512 g/mol. The minimum absolute atomic E-state index is 0.0815. The highest BCUT2D eigenvalue weighted by Crippen LogP contribution is 2.43. The molecule has 1 aromatic heterocycles. The summed E-state index contributed by atoms with van der Waals surface area (Å²) < 4.78 is 5.63. The van der Waals surface area contributed by atoms with Crippen molar-refractivity contribution in [3.8, 4) is 16.2 Å². The van der Waals surface area contributed by atoms with Gasteiger partial charge in [-0.2, -0.15) is 0 Å². The molecule has 202 valence electrons. The van der Waals surface area contributed by atoms with Gasteiger partial charge in [0.25, 0.3) is 11.8 Å². The molecule has 0 bridgehead atoms. The van der Waals surface area contributed by atoms with Crippen molar-refractivity contribution in [3.63, 3.8) is 0 Å². The Morgan fingerprint density at radius 2 is 2.00 bits per heavy atom. The summed E-state index contributed by atoms with van der Waals surface area (Å²) in [6.45, 7) is 4.38. The van der Waals surface area contributed by atoms with E-state index in [0.717, 1.165) is 58.9 Å². The van der Waals surface area contributed by atoms with Crippen LogP contribution in [0.15, 0.2) is 42.5 Å². The molecular formula is C30H32N4O4S. The van der Waals surface area contributed by atoms with Gasteiger partial charge in [-0.25, -0.2) is 4.98 Å². The molecule has 0 unspecified atom stereocenters. The van der Waals surface area contributed by atoms with Gasteiger partial charge >= 0.3 is 0 Å². The maximum Gasteiger partial charge on any atom is 0.274 e. The van der Waals surface area contributed by atoms with Crippen molar-refractivity contribution in [1.29, 1.82) is 0 Å². The summed E-state index contributed by atoms with van der Waals surface area (Å²) in [5, 5.41) is 6.76. The van der Waals surface area contributed by atoms with Crippen molar-refractivity contribution in [2.45, 2.75) is 58.0 Å². The van der Waals surface area contributed by atoms with Gasteiger partial charge in [0.1, 0.15) is 11.4 Å². The molecule has 39 heavy (non-hydrogen) atoms. The number of nitrogens with one attached hydrogen (secondary N) is 2. The van der Waals surface area contributed by atoms with Crippen LogP contribution in [0.2, 0.25) is 0 Å². The van der Waals surface area contributed by atoms with Crippen LogP contribution in [0.3, 0.4) is 0 Å². The second-order valence-electron chi connectivity index (χ2n) is 10.6. The summed E-state index contributed by atoms with van der Waals surface area (Å²) >= 11 is 1.48. The van der Waals surface area contributed by atoms with E-state index < -0.39 is 0 Å². The van der Waals surface area contributed by atoms with Gasteiger partial charge in [0.15, 0.2) is 0 Å². The van der Waals surface area contributed by atoms with Crippen molar-refractivity contribution in [2.24, 2.45) is 5.92 Å². The molecule has 9 heteroatoms. The monoisotopic (exact) mass is 544 g/mol. The van der Waals surface area contributed by atoms with Gasteiger partial charge < -0.3 is 20.3 Å². The number of rotatable bonds is 6. The number of fused-ring (bicyclic) bond motifs is 2. The first-order valence-corrected chi connectivity index (χ1v) is 14.4. The molecule has 2 N–H and O–H groups in total. The lowest BCUT2D eigenvalue weighted by atomic mass is 10.0. The van der Waals surface area contributed by atoms with Crippen molar-refractivity contribution in [1.82, 2.24) is 15.2 Å². The fourth-order valence-electron chi connectivity index (χ4n) is 6.46. The number of aromatic nitrogens is 1. The van der Waals surface area contributed by atoms with Crippen LogP contribution >= 0.6 is 11.3 Å². The van der Waals surface area contributed by atoms with Crippen LogP contribution in [0, 0.1) is 12.8 Å². The van der Waals surface area contributed by atoms with E-state index in [2.05, 4.69) is 10.6 Å². The largest absolute Gasteiger partial charge is 0.493 e. The number of hydrogen-bond acceptors (Lipinski definition) is 6. The Morgan fingerprint density at radius 3 is 2.85 bits per heavy atom. The Morgan fingerprint density at radius 1 is 1.15 bits per heavy atom. The number of aryl methyl sites for hydroxylation is 1. The molecule has 6 rings (SSSR count). The lowest BCUT2D eigenvalue weighted by Crippen LogP contribution is -2.46. The number of anilines is 1. The SMILES string of the molecule is CC(=O)Nc1cccc(-c2sc(C)nc2C(=O)N2[C@H](CNC(=O)c3cccc4c3CCO4)C[C@@H]3CCC[C@@H]32)c1. The quantitative estimate of drug-likeness (QED) is 0.463. The fraction of sp³-hybridized carbons (Fsp3) is 0.400. The number of carbonyl (C=O) groups excluding carboxylic acids is 3. The predicted molar refractivity (Wildman–Crippen MR) is 150 cm³/mol. The summed E-state index contributed by atoms with van der Waals surface area (Å²) in [7, 11) is 0. The molecule has 0 spiro atoms. The van der Waals surface area contributed by atoms with E-state index >= 15 is 0 Å². The summed E-state index contributed by atoms with van der Waals surface area (Å²) in [6, 6.07) is 13.2. The third-order valence-electron chi connectivity index (χ3n) is 8.05. The zero-order chi connectivity index (χ0) is 27.1. The van der Waals surface area contributed by atoms with Crippen LogP contribution in [0.25, 0.3) is 10.4 Å². The maximum atomic E-state index is 14.2. The van der Waals surface area contributed by atoms with Crippen molar-refractivity contribution < 1.29 is 19.1 Å². The van der Waals surface area contributed by atoms with Crippen molar-refractivity contribution >= 4 is 34.7 Å². The number of ether oxygens (including phenoxy) is 1. The number of thiazole rings is 1. The molecule has 2 aliphatic heterocycles. The Kier molecular flexibility index (Phi) is 6.85. The van der Waals surface area contributed by atoms with Gasteiger partial charge in [-0.3, -0.25) is 14.4 Å². The van der Waals surface area contributed by atoms with Crippen molar-refractivity contribution in [3.05, 3.63) is 64.3 Å². The highest BCUT2D eigenvalue weighted by atomic mass is 32.1. The molecule has 3 aromatic rings. The van der Waals surface area contributed by atoms with Crippen LogP contribution in [-0.4, -0.2) is 52.8 Å². The minimum Gasteiger partial charge on any atom is -0.493 e. The topological polar surface area (TPSA) is 101 Å². The van der Waals surface area contributed by atoms with Gasteiger partial charge in [0, 0.05) is 42.7 Å². The van der Waals surface area contributed by atoms with Crippen LogP contribution < -0.4 is 15.4 Å². The van der Waals surface area contributed by atoms with Crippen LogP contribution in [0.1, 0.15) is 64.0 Å². The number of benzene rings is 2. The number of amides is 3. The molecule has 8 nitrogen and oxygen atoms in total. The van der Waals surface area contributed by atoms with E-state index in [4.69, 9.17) is 9.72 Å². The molecule has 3 heterocycles. The van der Waals surface area contributed by atoms with E-state index in [9.17, 15) is 14.4 Å². The molecule has 1 aliphatic carbocycles. The smallest absolute Gasteiger partial charge is 0.274 e. The van der Waals surface area contributed by atoms with Gasteiger partial charge in [-0.1, -0.05) is 24.6 Å². The van der Waals surface area contributed by atoms with Crippen molar-refractivity contribution in [2.75, 3.05) is 18.5 Å². The third-order valence-corrected chi connectivity index (χ3v) is 9.07. The lowest BCUT2D eigenvalue weighted by molar-refractivity contribution is -0.114. The van der Waals surface area contributed by atoms with Crippen LogP contribution in [-0.2, 0) is 11.2 Å². The Labute approximate surface area is 231 Å². The van der Waals surface area contributed by atoms with Gasteiger partial charge in [0.05, 0.1) is 22.5 Å². The highest BCUT2D eigenvalue weighted by molar-refractivity contribution is 7.15. The zero-order valence-electron chi connectivity index (χ0n) is 22.2. The van der Waals surface area contributed by atoms with E-state index in [0.29, 0.717) is 36.0 Å². The molecule has 2 fully saturated rings. The average molecular weight is 545 g/mol. The summed E-state index contributed by atoms with van der Waals surface area (Å²) in [4.78, 5) is 46.5. The Bertz CT molecular complexity index is 1450. The fourth-order valence-corrected chi connectivity index (χ4v) is 7.37. The van der Waals surface area contributed by atoms with E-state index in [-0.39, 0.29) is 29.8 Å². The molecule has 2 aromatic carbocycles. The zero-order valence-corrected chi connectivity index (χ0v) is 23.0. The highest BCUT2D eigenvalue weighted by Gasteiger charge is 2.47. The molecule has 0 radical (unpaired) electrons. The van der Waals surface area contributed by atoms with Crippen LogP contribution in [0.4, 0.5) is 5.69 Å². The first-order chi connectivity index (χ1) is 18.9. The molecule has 3 amide bonds. The maximum absolute atomic E-state index is 14.2. The number of carbonyl (C=O) groups is 3. The van der Waals surface area contributed by atoms with Gasteiger partial charge in [-0.05, 0) is 61.9 Å². The normalized spacial score (nSPS) is 21.3. The average Bonchev–Trinajstić information content (AvgIpc) is 3.69. The van der Waals surface area contributed by atoms with Gasteiger partial charge in [0.2, 0.25) is 5.91 Å². The summed E-state index contributed by atoms with van der Waals surface area (Å²) in [5.74, 6) is 0.871. The van der Waals surface area contributed by atoms with Crippen LogP contribution in [0.5, 0.6) is 5.75 Å². The first kappa shape index (κ1) is 25.6. The molecule has 3 atom stereocenters. The predicted octanol–water partition coefficient (Wildman–Crippen LogP) is 4.83.